The van der Waals surface area contributed by atoms with Crippen LogP contribution in [0.25, 0.3) is 0 Å². The van der Waals surface area contributed by atoms with E-state index in [1.807, 2.05) is 5.32 Å². The van der Waals surface area contributed by atoms with Gasteiger partial charge in [-0.3, -0.25) is 33.6 Å². The molecule has 62 heavy (non-hydrogen) atoms. The molecule has 13 atom stereocenters. The van der Waals surface area contributed by atoms with Gasteiger partial charge in [0, 0.05) is 38.3 Å². The summed E-state index contributed by atoms with van der Waals surface area (Å²) >= 11 is 0. The summed E-state index contributed by atoms with van der Waals surface area (Å²) in [5, 5.41) is 94.1. The molecule has 0 aromatic heterocycles. The Morgan fingerprint density at radius 1 is 0.871 bits per heavy atom. The Balaban J connectivity index is 0.0000102. The van der Waals surface area contributed by atoms with Gasteiger partial charge in [-0.2, -0.15) is 0 Å². The van der Waals surface area contributed by atoms with Gasteiger partial charge in [-0.15, -0.1) is 0 Å². The summed E-state index contributed by atoms with van der Waals surface area (Å²) in [6, 6.07) is -8.48. The molecule has 340 valence electrons. The first-order valence-electron chi connectivity index (χ1n) is 18.7. The van der Waals surface area contributed by atoms with Crippen molar-refractivity contribution in [1.29, 1.82) is 0 Å². The van der Waals surface area contributed by atoms with E-state index in [0.717, 1.165) is 17.0 Å². The predicted molar refractivity (Wildman–Crippen MR) is 199 cm³/mol. The first kappa shape index (κ1) is 52.1. The van der Waals surface area contributed by atoms with E-state index in [0.29, 0.717) is 4.90 Å². The summed E-state index contributed by atoms with van der Waals surface area (Å²) in [4.78, 5) is 96.0. The number of amides is 7. The number of benzene rings is 1. The minimum Gasteiger partial charge on any atom is -0.530 e. The molecular weight excluding hydrogens is 863 g/mol. The third-order valence-corrected chi connectivity index (χ3v) is 10.7. The van der Waals surface area contributed by atoms with Crippen LogP contribution in [0, 0.1) is 5.92 Å². The summed E-state index contributed by atoms with van der Waals surface area (Å²) in [7, 11) is -3.18. The van der Waals surface area contributed by atoms with Crippen molar-refractivity contribution in [3.05, 3.63) is 23.8 Å². The Bertz CT molecular complexity index is 1920. The van der Waals surface area contributed by atoms with Crippen molar-refractivity contribution in [2.24, 2.45) is 17.4 Å². The summed E-state index contributed by atoms with van der Waals surface area (Å²) in [6.45, 7) is -0.695. The van der Waals surface area contributed by atoms with Crippen molar-refractivity contribution < 1.29 is 117 Å². The molecule has 7 amide bonds. The maximum atomic E-state index is 14.2. The standard InChI is InChI=1S/C34H49N8O18S.Na/c1-12-9-42-26(27(12)50)32(55)40-30(53)21(48)7-15(35)28(51)37-16(11-43)33(56)41-10-14(44)6-17(41)29(52)38-24(31(54)39-25(34(42)57)20(47)8-23(36)49)19(46)4-13-2-3-18(45)22(5-13)60-61(58)59;/h2-3,5,12,14-17,19-21,24-27,30,43-48,50,53H,4,6-11,35H2,1H3,(H2,36,49)(H,37,51)(H,38,52)(H,39,54)(H,40,55);/q-1;+1. The number of rotatable bonds is 9. The van der Waals surface area contributed by atoms with Gasteiger partial charge in [0.25, 0.3) is 0 Å². The number of aliphatic hydroxyl groups is 7. The molecule has 28 heteroatoms. The Kier molecular flexibility index (Phi) is 18.8. The summed E-state index contributed by atoms with van der Waals surface area (Å²) < 4.78 is 26.8. The third kappa shape index (κ3) is 12.7. The molecule has 4 rings (SSSR count). The van der Waals surface area contributed by atoms with E-state index in [4.69, 9.17) is 11.5 Å². The first-order valence-corrected chi connectivity index (χ1v) is 19.7. The quantitative estimate of drug-likeness (QED) is 0.0808. The van der Waals surface area contributed by atoms with Crippen LogP contribution in [0.3, 0.4) is 0 Å². The van der Waals surface area contributed by atoms with Gasteiger partial charge in [0.15, 0.2) is 12.0 Å². The molecule has 0 radical (unpaired) electrons. The zero-order chi connectivity index (χ0) is 45.6. The van der Waals surface area contributed by atoms with Gasteiger partial charge in [-0.05, 0) is 17.7 Å². The van der Waals surface area contributed by atoms with Gasteiger partial charge in [0.2, 0.25) is 41.4 Å². The molecule has 3 saturated heterocycles. The fraction of sp³-hybridized carbons (Fsp3) is 0.618. The molecule has 0 spiro atoms. The number of aliphatic hydroxyl groups excluding tert-OH is 7. The fourth-order valence-electron chi connectivity index (χ4n) is 7.18. The van der Waals surface area contributed by atoms with E-state index in [-0.39, 0.29) is 35.1 Å². The van der Waals surface area contributed by atoms with Crippen molar-refractivity contribution in [2.75, 3.05) is 19.7 Å². The van der Waals surface area contributed by atoms with Gasteiger partial charge in [0.05, 0.1) is 43.5 Å². The number of phenolic OH excluding ortho intramolecular Hbond substituents is 1. The summed E-state index contributed by atoms with van der Waals surface area (Å²) in [5.41, 5.74) is 11.1. The number of hydrogen-bond acceptors (Lipinski definition) is 20. The molecule has 1 aromatic rings. The van der Waals surface area contributed by atoms with Crippen LogP contribution in [0.5, 0.6) is 11.5 Å². The van der Waals surface area contributed by atoms with E-state index in [2.05, 4.69) is 20.1 Å². The molecule has 1 aromatic carbocycles. The van der Waals surface area contributed by atoms with Crippen molar-refractivity contribution in [3.63, 3.8) is 0 Å². The van der Waals surface area contributed by atoms with Crippen molar-refractivity contribution >= 4 is 52.3 Å². The molecular formula is C34H49N8NaO18S. The van der Waals surface area contributed by atoms with Crippen molar-refractivity contribution in [2.45, 2.75) is 106 Å². The van der Waals surface area contributed by atoms with E-state index in [1.165, 1.54) is 13.0 Å². The van der Waals surface area contributed by atoms with Gasteiger partial charge < -0.3 is 96.0 Å². The van der Waals surface area contributed by atoms with E-state index >= 15 is 0 Å². The molecule has 3 fully saturated rings. The molecule has 26 nitrogen and oxygen atoms in total. The van der Waals surface area contributed by atoms with Crippen LogP contribution in [0.4, 0.5) is 0 Å². The van der Waals surface area contributed by atoms with Crippen LogP contribution in [-0.4, -0.2) is 185 Å². The smallest absolute Gasteiger partial charge is 0.530 e. The van der Waals surface area contributed by atoms with Gasteiger partial charge >= 0.3 is 29.6 Å². The molecule has 3 heterocycles. The van der Waals surface area contributed by atoms with Crippen LogP contribution in [0.1, 0.15) is 31.7 Å². The zero-order valence-corrected chi connectivity index (χ0v) is 36.1. The average Bonchev–Trinajstić information content (AvgIpc) is 3.72. The Morgan fingerprint density at radius 2 is 1.52 bits per heavy atom. The minimum absolute atomic E-state index is 0. The molecule has 3 aliphatic heterocycles. The summed E-state index contributed by atoms with van der Waals surface area (Å²) in [5.74, 6) is -11.0. The number of aromatic hydroxyl groups is 1. The fourth-order valence-corrected chi connectivity index (χ4v) is 7.46. The zero-order valence-electron chi connectivity index (χ0n) is 33.3. The van der Waals surface area contributed by atoms with Crippen LogP contribution < -0.4 is 66.5 Å². The van der Waals surface area contributed by atoms with Crippen molar-refractivity contribution in [3.8, 4) is 11.5 Å². The number of nitrogens with zero attached hydrogens (tertiary/aromatic N) is 2. The Labute approximate surface area is 376 Å². The number of hydrogen-bond donors (Lipinski definition) is 14. The minimum atomic E-state index is -3.18. The van der Waals surface area contributed by atoms with Crippen LogP contribution in [0.2, 0.25) is 0 Å². The van der Waals surface area contributed by atoms with Gasteiger partial charge in [0.1, 0.15) is 53.0 Å². The number of fused-ring (bicyclic) bond motifs is 2. The average molecular weight is 913 g/mol. The van der Waals surface area contributed by atoms with E-state index in [9.17, 15) is 82.8 Å². The number of nitrogens with one attached hydrogen (secondary N) is 4. The molecule has 0 bridgehead atoms. The van der Waals surface area contributed by atoms with Crippen LogP contribution >= 0.6 is 0 Å². The Hall–Kier alpha value is -4.26. The molecule has 16 N–H and O–H groups in total. The molecule has 13 unspecified atom stereocenters. The first-order chi connectivity index (χ1) is 28.5. The number of carbonyl (C=O) groups is 7. The second kappa shape index (κ2) is 22.4. The number of carbonyl (C=O) groups excluding carboxylic acids is 7. The van der Waals surface area contributed by atoms with Gasteiger partial charge in [-0.25, -0.2) is 0 Å². The molecule has 3 aliphatic rings. The van der Waals surface area contributed by atoms with E-state index < -0.39 is 188 Å². The van der Waals surface area contributed by atoms with Crippen LogP contribution in [0.15, 0.2) is 18.2 Å². The maximum Gasteiger partial charge on any atom is 1.00 e. The predicted octanol–water partition coefficient (Wildman–Crippen LogP) is -11.7. The third-order valence-electron chi connectivity index (χ3n) is 10.4. The van der Waals surface area contributed by atoms with Gasteiger partial charge in [-0.1, -0.05) is 13.0 Å². The maximum absolute atomic E-state index is 14.2. The van der Waals surface area contributed by atoms with Crippen molar-refractivity contribution in [1.82, 2.24) is 31.1 Å². The largest absolute Gasteiger partial charge is 1.00 e. The van der Waals surface area contributed by atoms with Crippen LogP contribution in [-0.2, 0) is 59.4 Å². The van der Waals surface area contributed by atoms with E-state index in [1.54, 1.807) is 0 Å². The Morgan fingerprint density at radius 3 is 2.13 bits per heavy atom. The number of nitrogens with two attached hydrogens (primary N) is 2. The number of primary amides is 1. The second-order valence-corrected chi connectivity index (χ2v) is 15.6. The molecule has 0 saturated carbocycles. The molecule has 0 aliphatic carbocycles. The monoisotopic (exact) mass is 912 g/mol. The second-order valence-electron chi connectivity index (χ2n) is 15.0. The SMILES string of the molecule is CC1CN2C(=O)C(C(O)CC(N)=O)NC(=O)C(C(O)Cc3ccc(O)c(O[S-](=O)=O)c3)NC(=O)C3CC(O)CN3C(=O)C(CO)NC(=O)C(N)CC(O)C(O)NC(=O)C2C1O.[Na+]. The summed E-state index contributed by atoms with van der Waals surface area (Å²) in [6.07, 6.45) is -14.5. The topological polar surface area (TPSA) is 431 Å². The normalized spacial score (nSPS) is 31.6. The number of phenols is 1.